The Labute approximate surface area is 135 Å². The summed E-state index contributed by atoms with van der Waals surface area (Å²) in [5, 5.41) is 10.7. The minimum Gasteiger partial charge on any atom is -0.464 e. The summed E-state index contributed by atoms with van der Waals surface area (Å²) in [5.74, 6) is -0.180. The van der Waals surface area contributed by atoms with Gasteiger partial charge in [0.05, 0.1) is 11.5 Å². The van der Waals surface area contributed by atoms with Crippen LogP contribution >= 0.6 is 0 Å². The summed E-state index contributed by atoms with van der Waals surface area (Å²) in [6.07, 6.45) is 4.38. The molecule has 0 bridgehead atoms. The van der Waals surface area contributed by atoms with Gasteiger partial charge in [-0.15, -0.1) is 0 Å². The largest absolute Gasteiger partial charge is 0.464 e. The fourth-order valence-electron chi connectivity index (χ4n) is 2.78. The number of nitro groups is 1. The van der Waals surface area contributed by atoms with Gasteiger partial charge < -0.3 is 9.64 Å². The summed E-state index contributed by atoms with van der Waals surface area (Å²) in [5.41, 5.74) is 1.81. The highest BCUT2D eigenvalue weighted by Crippen LogP contribution is 2.26. The van der Waals surface area contributed by atoms with Crippen molar-refractivity contribution in [3.63, 3.8) is 0 Å². The molecule has 0 aliphatic carbocycles. The molecule has 1 atom stereocenters. The summed E-state index contributed by atoms with van der Waals surface area (Å²) in [6.45, 7) is 4.47. The van der Waals surface area contributed by atoms with E-state index in [4.69, 9.17) is 4.74 Å². The van der Waals surface area contributed by atoms with E-state index in [1.165, 1.54) is 13.0 Å². The van der Waals surface area contributed by atoms with E-state index < -0.39 is 4.92 Å². The maximum Gasteiger partial charge on any atom is 0.328 e. The highest BCUT2D eigenvalue weighted by Gasteiger charge is 2.29. The molecule has 1 saturated heterocycles. The van der Waals surface area contributed by atoms with E-state index in [-0.39, 0.29) is 17.7 Å². The Bertz CT molecular complexity index is 595. The number of esters is 1. The molecule has 1 aromatic rings. The van der Waals surface area contributed by atoms with Crippen LogP contribution in [0.25, 0.3) is 6.08 Å². The molecule has 0 aromatic heterocycles. The molecular formula is C17H22N2O4. The second-order valence-electron chi connectivity index (χ2n) is 5.59. The SMILES string of the molecule is CCOC(=O)C1CCCCN1c1ccc(/C=C(\C)[N+](=O)[O-])cc1. The van der Waals surface area contributed by atoms with Crippen LogP contribution in [0.1, 0.15) is 38.7 Å². The van der Waals surface area contributed by atoms with E-state index in [0.717, 1.165) is 37.1 Å². The highest BCUT2D eigenvalue weighted by molar-refractivity contribution is 5.80. The number of allylic oxidation sites excluding steroid dienone is 1. The van der Waals surface area contributed by atoms with Gasteiger partial charge in [0.25, 0.3) is 0 Å². The average molecular weight is 318 g/mol. The van der Waals surface area contributed by atoms with Crippen LogP contribution in [0.3, 0.4) is 0 Å². The standard InChI is InChI=1S/C17H22N2O4/c1-3-23-17(20)16-6-4-5-11-18(16)15-9-7-14(8-10-15)12-13(2)19(21)22/h7-10,12,16H,3-6,11H2,1-2H3/b13-12+. The second-order valence-corrected chi connectivity index (χ2v) is 5.59. The molecule has 6 heteroatoms. The third-order valence-electron chi connectivity index (χ3n) is 3.95. The first-order valence-corrected chi connectivity index (χ1v) is 7.89. The number of hydrogen-bond donors (Lipinski definition) is 0. The van der Waals surface area contributed by atoms with Crippen LogP contribution in [0.2, 0.25) is 0 Å². The zero-order valence-electron chi connectivity index (χ0n) is 13.5. The van der Waals surface area contributed by atoms with Gasteiger partial charge in [0, 0.05) is 25.2 Å². The Balaban J connectivity index is 2.17. The molecule has 1 heterocycles. The zero-order chi connectivity index (χ0) is 16.8. The van der Waals surface area contributed by atoms with Crippen molar-refractivity contribution in [1.82, 2.24) is 0 Å². The van der Waals surface area contributed by atoms with E-state index in [0.29, 0.717) is 6.61 Å². The molecular weight excluding hydrogens is 296 g/mol. The molecule has 0 spiro atoms. The molecule has 2 rings (SSSR count). The van der Waals surface area contributed by atoms with Gasteiger partial charge >= 0.3 is 5.97 Å². The molecule has 1 unspecified atom stereocenters. The molecule has 0 saturated carbocycles. The summed E-state index contributed by atoms with van der Waals surface area (Å²) in [4.78, 5) is 24.5. The number of rotatable bonds is 5. The number of ether oxygens (including phenoxy) is 1. The molecule has 0 amide bonds. The first kappa shape index (κ1) is 17.0. The first-order chi connectivity index (χ1) is 11.0. The fraction of sp³-hybridized carbons (Fsp3) is 0.471. The van der Waals surface area contributed by atoms with Crippen molar-refractivity contribution in [3.05, 3.63) is 45.6 Å². The Kier molecular flexibility index (Phi) is 5.73. The van der Waals surface area contributed by atoms with Crippen LogP contribution in [0, 0.1) is 10.1 Å². The third-order valence-corrected chi connectivity index (χ3v) is 3.95. The van der Waals surface area contributed by atoms with Crippen molar-refractivity contribution in [3.8, 4) is 0 Å². The first-order valence-electron chi connectivity index (χ1n) is 7.89. The smallest absolute Gasteiger partial charge is 0.328 e. The summed E-state index contributed by atoms with van der Waals surface area (Å²) >= 11 is 0. The van der Waals surface area contributed by atoms with Crippen molar-refractivity contribution >= 4 is 17.7 Å². The van der Waals surface area contributed by atoms with E-state index in [9.17, 15) is 14.9 Å². The normalized spacial score (nSPS) is 18.6. The summed E-state index contributed by atoms with van der Waals surface area (Å²) in [6, 6.07) is 7.22. The summed E-state index contributed by atoms with van der Waals surface area (Å²) in [7, 11) is 0. The molecule has 1 aromatic carbocycles. The van der Waals surface area contributed by atoms with Crippen LogP contribution < -0.4 is 4.90 Å². The van der Waals surface area contributed by atoms with Crippen molar-refractivity contribution in [1.29, 1.82) is 0 Å². The number of nitrogens with zero attached hydrogens (tertiary/aromatic N) is 2. The van der Waals surface area contributed by atoms with Gasteiger partial charge in [0.1, 0.15) is 6.04 Å². The van der Waals surface area contributed by atoms with Crippen molar-refractivity contribution in [2.75, 3.05) is 18.1 Å². The van der Waals surface area contributed by atoms with Gasteiger partial charge in [-0.05, 0) is 43.9 Å². The lowest BCUT2D eigenvalue weighted by Crippen LogP contribution is -2.45. The molecule has 23 heavy (non-hydrogen) atoms. The number of benzene rings is 1. The molecule has 0 radical (unpaired) electrons. The van der Waals surface area contributed by atoms with Crippen LogP contribution in [0.5, 0.6) is 0 Å². The van der Waals surface area contributed by atoms with Gasteiger partial charge in [0.2, 0.25) is 5.70 Å². The van der Waals surface area contributed by atoms with Gasteiger partial charge in [-0.3, -0.25) is 10.1 Å². The highest BCUT2D eigenvalue weighted by atomic mass is 16.6. The minimum atomic E-state index is -0.407. The predicted octanol–water partition coefficient (Wildman–Crippen LogP) is 3.25. The predicted molar refractivity (Wildman–Crippen MR) is 88.7 cm³/mol. The van der Waals surface area contributed by atoms with E-state index in [1.54, 1.807) is 0 Å². The Morgan fingerprint density at radius 2 is 2.09 bits per heavy atom. The lowest BCUT2D eigenvalue weighted by Gasteiger charge is -2.35. The third kappa shape index (κ3) is 4.31. The topological polar surface area (TPSA) is 72.7 Å². The maximum atomic E-state index is 12.1. The number of piperidine rings is 1. The Morgan fingerprint density at radius 3 is 2.70 bits per heavy atom. The lowest BCUT2D eigenvalue weighted by atomic mass is 10.0. The van der Waals surface area contributed by atoms with Crippen LogP contribution in [-0.2, 0) is 9.53 Å². The Hall–Kier alpha value is -2.37. The zero-order valence-corrected chi connectivity index (χ0v) is 13.5. The number of carbonyl (C=O) groups is 1. The van der Waals surface area contributed by atoms with Crippen molar-refractivity contribution in [2.45, 2.75) is 39.2 Å². The molecule has 1 fully saturated rings. The molecule has 124 valence electrons. The summed E-state index contributed by atoms with van der Waals surface area (Å²) < 4.78 is 5.17. The molecule has 1 aliphatic heterocycles. The van der Waals surface area contributed by atoms with Crippen molar-refractivity contribution < 1.29 is 14.5 Å². The number of hydrogen-bond acceptors (Lipinski definition) is 5. The van der Waals surface area contributed by atoms with Crippen LogP contribution in [0.4, 0.5) is 5.69 Å². The van der Waals surface area contributed by atoms with E-state index in [2.05, 4.69) is 4.90 Å². The van der Waals surface area contributed by atoms with Gasteiger partial charge in [-0.25, -0.2) is 4.79 Å². The lowest BCUT2D eigenvalue weighted by molar-refractivity contribution is -0.422. The fourth-order valence-corrected chi connectivity index (χ4v) is 2.78. The van der Waals surface area contributed by atoms with Crippen LogP contribution in [0.15, 0.2) is 30.0 Å². The monoisotopic (exact) mass is 318 g/mol. The van der Waals surface area contributed by atoms with Crippen molar-refractivity contribution in [2.24, 2.45) is 0 Å². The van der Waals surface area contributed by atoms with E-state index in [1.807, 2.05) is 31.2 Å². The second kappa shape index (κ2) is 7.76. The van der Waals surface area contributed by atoms with Gasteiger partial charge in [-0.2, -0.15) is 0 Å². The molecule has 1 aliphatic rings. The Morgan fingerprint density at radius 1 is 1.39 bits per heavy atom. The number of carbonyl (C=O) groups excluding carboxylic acids is 1. The molecule has 0 N–H and O–H groups in total. The van der Waals surface area contributed by atoms with Crippen LogP contribution in [-0.4, -0.2) is 30.1 Å². The number of anilines is 1. The average Bonchev–Trinajstić information content (AvgIpc) is 2.55. The van der Waals surface area contributed by atoms with E-state index >= 15 is 0 Å². The van der Waals surface area contributed by atoms with Gasteiger partial charge in [-0.1, -0.05) is 12.1 Å². The quantitative estimate of drug-likeness (QED) is 0.473. The molecule has 6 nitrogen and oxygen atoms in total. The maximum absolute atomic E-state index is 12.1. The minimum absolute atomic E-state index is 0.0973. The van der Waals surface area contributed by atoms with Gasteiger partial charge in [0.15, 0.2) is 0 Å².